The highest BCUT2D eigenvalue weighted by molar-refractivity contribution is 7.13. The number of anilines is 1. The number of amides is 2. The summed E-state index contributed by atoms with van der Waals surface area (Å²) >= 11 is 1.27. The van der Waals surface area contributed by atoms with E-state index < -0.39 is 23.4 Å². The zero-order valence-electron chi connectivity index (χ0n) is 14.7. The first-order chi connectivity index (χ1) is 13.5. The molecule has 6 nitrogen and oxygen atoms in total. The summed E-state index contributed by atoms with van der Waals surface area (Å²) in [5.41, 5.74) is 1.00. The normalized spacial score (nSPS) is 10.4. The lowest BCUT2D eigenvalue weighted by atomic mass is 10.2. The molecule has 0 spiro atoms. The second-order valence-electron chi connectivity index (χ2n) is 5.60. The van der Waals surface area contributed by atoms with Crippen molar-refractivity contribution in [1.29, 1.82) is 0 Å². The van der Waals surface area contributed by atoms with Crippen molar-refractivity contribution in [3.8, 4) is 16.3 Å². The van der Waals surface area contributed by atoms with Gasteiger partial charge in [0.05, 0.1) is 19.2 Å². The molecule has 0 radical (unpaired) electrons. The smallest absolute Gasteiger partial charge is 0.271 e. The highest BCUT2D eigenvalue weighted by atomic mass is 32.1. The van der Waals surface area contributed by atoms with E-state index in [0.29, 0.717) is 10.8 Å². The lowest BCUT2D eigenvalue weighted by Gasteiger charge is -2.06. The summed E-state index contributed by atoms with van der Waals surface area (Å²) in [6.45, 7) is -0.348. The van der Waals surface area contributed by atoms with E-state index in [2.05, 4.69) is 15.6 Å². The van der Waals surface area contributed by atoms with E-state index in [1.54, 1.807) is 18.6 Å². The highest BCUT2D eigenvalue weighted by Crippen LogP contribution is 2.31. The summed E-state index contributed by atoms with van der Waals surface area (Å²) in [6.07, 6.45) is 0. The predicted molar refractivity (Wildman–Crippen MR) is 101 cm³/mol. The number of nitrogens with one attached hydrogen (secondary N) is 2. The first-order valence-electron chi connectivity index (χ1n) is 8.10. The molecular weight excluding hydrogens is 388 g/mol. The summed E-state index contributed by atoms with van der Waals surface area (Å²) in [7, 11) is 1.55. The number of methoxy groups -OCH3 is 1. The van der Waals surface area contributed by atoms with Crippen LogP contribution in [-0.2, 0) is 4.79 Å². The molecule has 2 amide bonds. The van der Waals surface area contributed by atoms with Crippen LogP contribution in [0.15, 0.2) is 47.8 Å². The van der Waals surface area contributed by atoms with Gasteiger partial charge in [-0.1, -0.05) is 12.1 Å². The molecule has 1 heterocycles. The molecule has 0 fully saturated rings. The fourth-order valence-corrected chi connectivity index (χ4v) is 3.18. The van der Waals surface area contributed by atoms with Gasteiger partial charge in [0, 0.05) is 17.1 Å². The Balaban J connectivity index is 1.60. The Hall–Kier alpha value is -3.33. The molecule has 0 aliphatic heterocycles. The fraction of sp³-hybridized carbons (Fsp3) is 0.105. The minimum atomic E-state index is -1.08. The van der Waals surface area contributed by atoms with E-state index in [9.17, 15) is 18.4 Å². The Bertz CT molecular complexity index is 1020. The van der Waals surface area contributed by atoms with E-state index in [1.807, 2.05) is 18.2 Å². The average Bonchev–Trinajstić information content (AvgIpc) is 3.19. The second kappa shape index (κ2) is 8.57. The number of carbonyl (C=O) groups excluding carboxylic acids is 2. The van der Waals surface area contributed by atoms with Gasteiger partial charge >= 0.3 is 0 Å². The van der Waals surface area contributed by atoms with Gasteiger partial charge in [0.2, 0.25) is 5.91 Å². The molecule has 2 N–H and O–H groups in total. The first-order valence-corrected chi connectivity index (χ1v) is 8.98. The Labute approximate surface area is 163 Å². The first kappa shape index (κ1) is 19.4. The van der Waals surface area contributed by atoms with Gasteiger partial charge in [0.1, 0.15) is 16.5 Å². The molecule has 144 valence electrons. The molecule has 0 aliphatic rings. The lowest BCUT2D eigenvalue weighted by Crippen LogP contribution is -2.33. The zero-order valence-corrected chi connectivity index (χ0v) is 15.5. The van der Waals surface area contributed by atoms with Crippen molar-refractivity contribution in [3.63, 3.8) is 0 Å². The van der Waals surface area contributed by atoms with Gasteiger partial charge in [-0.05, 0) is 24.3 Å². The Morgan fingerprint density at radius 3 is 2.68 bits per heavy atom. The molecule has 1 aromatic heterocycles. The van der Waals surface area contributed by atoms with Crippen LogP contribution in [0.4, 0.5) is 14.5 Å². The van der Waals surface area contributed by atoms with Gasteiger partial charge in [-0.3, -0.25) is 9.59 Å². The summed E-state index contributed by atoms with van der Waals surface area (Å²) < 4.78 is 31.3. The maximum Gasteiger partial charge on any atom is 0.271 e. The van der Waals surface area contributed by atoms with E-state index in [-0.39, 0.29) is 17.9 Å². The molecule has 0 saturated heterocycles. The molecular formula is C19H15F2N3O3S. The quantitative estimate of drug-likeness (QED) is 0.661. The number of carbonyl (C=O) groups is 2. The van der Waals surface area contributed by atoms with Crippen LogP contribution in [0.1, 0.15) is 10.5 Å². The van der Waals surface area contributed by atoms with Crippen LogP contribution in [0.2, 0.25) is 0 Å². The maximum absolute atomic E-state index is 13.1. The minimum absolute atomic E-state index is 0.0882. The number of ether oxygens (including phenoxy) is 1. The minimum Gasteiger partial charge on any atom is -0.496 e. The molecule has 2 aromatic carbocycles. The van der Waals surface area contributed by atoms with Crippen molar-refractivity contribution in [3.05, 3.63) is 65.2 Å². The van der Waals surface area contributed by atoms with Crippen LogP contribution in [0.25, 0.3) is 10.6 Å². The summed E-state index contributed by atoms with van der Waals surface area (Å²) in [5, 5.41) is 6.98. The van der Waals surface area contributed by atoms with Gasteiger partial charge in [0.15, 0.2) is 11.6 Å². The van der Waals surface area contributed by atoms with Gasteiger partial charge in [-0.15, -0.1) is 11.3 Å². The number of hydrogen-bond donors (Lipinski definition) is 2. The predicted octanol–water partition coefficient (Wildman–Crippen LogP) is 3.47. The van der Waals surface area contributed by atoms with Crippen molar-refractivity contribution in [2.24, 2.45) is 0 Å². The Morgan fingerprint density at radius 2 is 1.93 bits per heavy atom. The van der Waals surface area contributed by atoms with Gasteiger partial charge < -0.3 is 15.4 Å². The zero-order chi connectivity index (χ0) is 20.1. The van der Waals surface area contributed by atoms with Crippen LogP contribution >= 0.6 is 11.3 Å². The molecule has 3 rings (SSSR count). The van der Waals surface area contributed by atoms with E-state index in [1.165, 1.54) is 17.4 Å². The summed E-state index contributed by atoms with van der Waals surface area (Å²) in [6, 6.07) is 10.3. The number of benzene rings is 2. The van der Waals surface area contributed by atoms with Crippen molar-refractivity contribution in [2.75, 3.05) is 19.0 Å². The van der Waals surface area contributed by atoms with Gasteiger partial charge in [0.25, 0.3) is 5.91 Å². The number of aromatic nitrogens is 1. The lowest BCUT2D eigenvalue weighted by molar-refractivity contribution is -0.115. The molecule has 0 saturated carbocycles. The van der Waals surface area contributed by atoms with Crippen LogP contribution in [0.3, 0.4) is 0 Å². The van der Waals surface area contributed by atoms with Crippen molar-refractivity contribution < 1.29 is 23.1 Å². The monoisotopic (exact) mass is 403 g/mol. The molecule has 0 bridgehead atoms. The Morgan fingerprint density at radius 1 is 1.14 bits per heavy atom. The molecule has 0 unspecified atom stereocenters. The number of rotatable bonds is 6. The average molecular weight is 403 g/mol. The topological polar surface area (TPSA) is 80.3 Å². The third kappa shape index (κ3) is 4.49. The molecule has 0 atom stereocenters. The second-order valence-corrected chi connectivity index (χ2v) is 6.46. The van der Waals surface area contributed by atoms with E-state index >= 15 is 0 Å². The Kier molecular flexibility index (Phi) is 5.95. The number of halogens is 2. The standard InChI is InChI=1S/C19H15F2N3O3S/c1-27-16-5-3-2-4-12(16)19-24-15(10-28-19)18(26)22-9-17(25)23-11-6-7-13(20)14(21)8-11/h2-8,10H,9H2,1H3,(H,22,26)(H,23,25). The van der Waals surface area contributed by atoms with E-state index in [0.717, 1.165) is 17.7 Å². The molecule has 28 heavy (non-hydrogen) atoms. The number of thiazole rings is 1. The third-order valence-corrected chi connectivity index (χ3v) is 4.56. The van der Waals surface area contributed by atoms with Crippen LogP contribution in [0.5, 0.6) is 5.75 Å². The molecule has 3 aromatic rings. The van der Waals surface area contributed by atoms with E-state index in [4.69, 9.17) is 4.74 Å². The number of para-hydroxylation sites is 1. The maximum atomic E-state index is 13.1. The van der Waals surface area contributed by atoms with Gasteiger partial charge in [-0.2, -0.15) is 0 Å². The van der Waals surface area contributed by atoms with Gasteiger partial charge in [-0.25, -0.2) is 13.8 Å². The highest BCUT2D eigenvalue weighted by Gasteiger charge is 2.15. The van der Waals surface area contributed by atoms with Crippen molar-refractivity contribution in [2.45, 2.75) is 0 Å². The molecule has 9 heteroatoms. The third-order valence-electron chi connectivity index (χ3n) is 3.69. The van der Waals surface area contributed by atoms with Crippen LogP contribution in [-0.4, -0.2) is 30.5 Å². The number of nitrogens with zero attached hydrogens (tertiary/aromatic N) is 1. The summed E-state index contributed by atoms with van der Waals surface area (Å²) in [5.74, 6) is -2.57. The summed E-state index contributed by atoms with van der Waals surface area (Å²) in [4.78, 5) is 28.4. The van der Waals surface area contributed by atoms with Crippen LogP contribution in [0, 0.1) is 11.6 Å². The number of hydrogen-bond acceptors (Lipinski definition) is 5. The van der Waals surface area contributed by atoms with Crippen molar-refractivity contribution in [1.82, 2.24) is 10.3 Å². The van der Waals surface area contributed by atoms with Crippen LogP contribution < -0.4 is 15.4 Å². The largest absolute Gasteiger partial charge is 0.496 e. The van der Waals surface area contributed by atoms with Crippen molar-refractivity contribution >= 4 is 28.8 Å². The molecule has 0 aliphatic carbocycles. The fourth-order valence-electron chi connectivity index (χ4n) is 2.35. The SMILES string of the molecule is COc1ccccc1-c1nc(C(=O)NCC(=O)Nc2ccc(F)c(F)c2)cs1.